The molecule has 0 spiro atoms. The number of carboxylic acids is 1. The Bertz CT molecular complexity index is 463. The van der Waals surface area contributed by atoms with Crippen LogP contribution in [0.3, 0.4) is 0 Å². The van der Waals surface area contributed by atoms with Crippen molar-refractivity contribution in [3.05, 3.63) is 30.3 Å². The third-order valence-electron chi connectivity index (χ3n) is 3.90. The summed E-state index contributed by atoms with van der Waals surface area (Å²) in [6.45, 7) is 6.02. The van der Waals surface area contributed by atoms with E-state index in [0.717, 1.165) is 18.7 Å². The van der Waals surface area contributed by atoms with Crippen molar-refractivity contribution in [2.24, 2.45) is 0 Å². The summed E-state index contributed by atoms with van der Waals surface area (Å²) in [6, 6.07) is 10.5. The zero-order valence-corrected chi connectivity index (χ0v) is 13.3. The fraction of sp³-hybridized carbons (Fsp3) is 0.588. The molecular formula is C17H25NO4. The summed E-state index contributed by atoms with van der Waals surface area (Å²) in [5.74, 6) is 0.0704. The van der Waals surface area contributed by atoms with Crippen molar-refractivity contribution in [3.8, 4) is 5.75 Å². The molecule has 1 aliphatic rings. The molecule has 0 bridgehead atoms. The number of carbonyl (C=O) groups is 1. The van der Waals surface area contributed by atoms with Crippen LogP contribution in [0.1, 0.15) is 26.7 Å². The zero-order valence-electron chi connectivity index (χ0n) is 13.3. The van der Waals surface area contributed by atoms with Crippen molar-refractivity contribution in [3.63, 3.8) is 0 Å². The second-order valence-electron chi connectivity index (χ2n) is 5.95. The monoisotopic (exact) mass is 307 g/mol. The van der Waals surface area contributed by atoms with Crippen molar-refractivity contribution < 1.29 is 19.4 Å². The van der Waals surface area contributed by atoms with E-state index in [1.165, 1.54) is 0 Å². The van der Waals surface area contributed by atoms with Crippen LogP contribution in [-0.2, 0) is 9.53 Å². The maximum absolute atomic E-state index is 10.5. The molecule has 2 atom stereocenters. The molecule has 0 amide bonds. The number of carboxylic acid groups (broad SMARTS) is 1. The highest BCUT2D eigenvalue weighted by molar-refractivity contribution is 5.66. The van der Waals surface area contributed by atoms with E-state index in [1.807, 2.05) is 30.3 Å². The molecule has 0 aromatic heterocycles. The minimum atomic E-state index is -0.822. The molecule has 1 aromatic carbocycles. The molecule has 1 N–H and O–H groups in total. The highest BCUT2D eigenvalue weighted by Gasteiger charge is 2.34. The summed E-state index contributed by atoms with van der Waals surface area (Å²) >= 11 is 0. The first kappa shape index (κ1) is 16.8. The highest BCUT2D eigenvalue weighted by atomic mass is 16.5. The van der Waals surface area contributed by atoms with E-state index in [4.69, 9.17) is 14.6 Å². The quantitative estimate of drug-likeness (QED) is 0.747. The maximum atomic E-state index is 10.5. The summed E-state index contributed by atoms with van der Waals surface area (Å²) in [6.07, 6.45) is 1.11. The van der Waals surface area contributed by atoms with Gasteiger partial charge in [0.25, 0.3) is 0 Å². The summed E-state index contributed by atoms with van der Waals surface area (Å²) in [4.78, 5) is 12.9. The molecule has 1 saturated heterocycles. The molecule has 0 radical (unpaired) electrons. The maximum Gasteiger partial charge on any atom is 0.305 e. The fourth-order valence-corrected chi connectivity index (χ4v) is 2.85. The summed E-state index contributed by atoms with van der Waals surface area (Å²) in [7, 11) is 0. The van der Waals surface area contributed by atoms with Crippen LogP contribution in [0.4, 0.5) is 0 Å². The molecule has 0 aliphatic carbocycles. The Kier molecular flexibility index (Phi) is 6.21. The predicted octanol–water partition coefficient (Wildman–Crippen LogP) is 2.41. The summed E-state index contributed by atoms with van der Waals surface area (Å²) in [5, 5.41) is 8.64. The third-order valence-corrected chi connectivity index (χ3v) is 3.90. The highest BCUT2D eigenvalue weighted by Crippen LogP contribution is 2.25. The number of hydrogen-bond acceptors (Lipinski definition) is 4. The predicted molar refractivity (Wildman–Crippen MR) is 84.2 cm³/mol. The molecular weight excluding hydrogens is 282 g/mol. The number of ether oxygens (including phenoxy) is 2. The number of aliphatic carboxylic acids is 1. The molecule has 122 valence electrons. The lowest BCUT2D eigenvalue weighted by Crippen LogP contribution is -2.38. The Labute approximate surface area is 131 Å². The Morgan fingerprint density at radius 1 is 1.36 bits per heavy atom. The van der Waals surface area contributed by atoms with Gasteiger partial charge >= 0.3 is 5.97 Å². The van der Waals surface area contributed by atoms with E-state index >= 15 is 0 Å². The van der Waals surface area contributed by atoms with E-state index < -0.39 is 5.97 Å². The van der Waals surface area contributed by atoms with Gasteiger partial charge in [-0.1, -0.05) is 18.2 Å². The SMILES string of the molecule is CC(C)N1C[C@@H](Oc2ccccc2)C[C@H]1COCCC(=O)O. The smallest absolute Gasteiger partial charge is 0.305 e. The molecule has 5 heteroatoms. The first-order valence-electron chi connectivity index (χ1n) is 7.83. The first-order chi connectivity index (χ1) is 10.6. The van der Waals surface area contributed by atoms with Crippen LogP contribution >= 0.6 is 0 Å². The normalized spacial score (nSPS) is 22.1. The first-order valence-corrected chi connectivity index (χ1v) is 7.83. The number of likely N-dealkylation sites (tertiary alicyclic amines) is 1. The molecule has 1 aliphatic heterocycles. The van der Waals surface area contributed by atoms with E-state index in [-0.39, 0.29) is 25.2 Å². The Morgan fingerprint density at radius 3 is 2.73 bits per heavy atom. The molecule has 0 unspecified atom stereocenters. The molecule has 2 rings (SSSR count). The average Bonchev–Trinajstić information content (AvgIpc) is 2.87. The molecule has 1 fully saturated rings. The fourth-order valence-electron chi connectivity index (χ4n) is 2.85. The minimum absolute atomic E-state index is 0.0539. The lowest BCUT2D eigenvalue weighted by atomic mass is 10.2. The second-order valence-corrected chi connectivity index (χ2v) is 5.95. The van der Waals surface area contributed by atoms with Gasteiger partial charge in [0.15, 0.2) is 0 Å². The van der Waals surface area contributed by atoms with Crippen molar-refractivity contribution in [1.29, 1.82) is 0 Å². The Balaban J connectivity index is 1.84. The van der Waals surface area contributed by atoms with E-state index in [1.54, 1.807) is 0 Å². The van der Waals surface area contributed by atoms with Crippen LogP contribution < -0.4 is 4.74 Å². The van der Waals surface area contributed by atoms with Crippen LogP contribution in [-0.4, -0.2) is 53.9 Å². The van der Waals surface area contributed by atoms with Gasteiger partial charge in [0, 0.05) is 25.0 Å². The van der Waals surface area contributed by atoms with Crippen molar-refractivity contribution in [1.82, 2.24) is 4.90 Å². The standard InChI is InChI=1S/C17H25NO4/c1-13(2)18-11-16(22-15-6-4-3-5-7-15)10-14(18)12-21-9-8-17(19)20/h3-7,13-14,16H,8-12H2,1-2H3,(H,19,20)/t14-,16-/m0/s1. The average molecular weight is 307 g/mol. The van der Waals surface area contributed by atoms with E-state index in [0.29, 0.717) is 12.6 Å². The minimum Gasteiger partial charge on any atom is -0.489 e. The Hall–Kier alpha value is -1.59. The van der Waals surface area contributed by atoms with Gasteiger partial charge in [-0.05, 0) is 26.0 Å². The van der Waals surface area contributed by atoms with Crippen LogP contribution in [0.15, 0.2) is 30.3 Å². The number of para-hydroxylation sites is 1. The van der Waals surface area contributed by atoms with Crippen LogP contribution in [0.25, 0.3) is 0 Å². The van der Waals surface area contributed by atoms with Gasteiger partial charge in [0.1, 0.15) is 11.9 Å². The van der Waals surface area contributed by atoms with Crippen LogP contribution in [0.2, 0.25) is 0 Å². The molecule has 22 heavy (non-hydrogen) atoms. The van der Waals surface area contributed by atoms with Gasteiger partial charge in [-0.15, -0.1) is 0 Å². The van der Waals surface area contributed by atoms with Gasteiger partial charge in [-0.3, -0.25) is 9.69 Å². The summed E-state index contributed by atoms with van der Waals surface area (Å²) in [5.41, 5.74) is 0. The van der Waals surface area contributed by atoms with Crippen LogP contribution in [0.5, 0.6) is 5.75 Å². The van der Waals surface area contributed by atoms with Gasteiger partial charge in [-0.2, -0.15) is 0 Å². The zero-order chi connectivity index (χ0) is 15.9. The number of hydrogen-bond donors (Lipinski definition) is 1. The van der Waals surface area contributed by atoms with Gasteiger partial charge in [0.05, 0.1) is 19.6 Å². The van der Waals surface area contributed by atoms with Gasteiger partial charge in [0.2, 0.25) is 0 Å². The van der Waals surface area contributed by atoms with Crippen molar-refractivity contribution in [2.45, 2.75) is 44.9 Å². The van der Waals surface area contributed by atoms with E-state index in [9.17, 15) is 4.79 Å². The molecule has 0 saturated carbocycles. The number of rotatable bonds is 8. The molecule has 1 heterocycles. The largest absolute Gasteiger partial charge is 0.489 e. The van der Waals surface area contributed by atoms with Crippen LogP contribution in [0, 0.1) is 0 Å². The summed E-state index contributed by atoms with van der Waals surface area (Å²) < 4.78 is 11.6. The van der Waals surface area contributed by atoms with Gasteiger partial charge < -0.3 is 14.6 Å². The second kappa shape index (κ2) is 8.15. The Morgan fingerprint density at radius 2 is 2.09 bits per heavy atom. The van der Waals surface area contributed by atoms with Gasteiger partial charge in [-0.25, -0.2) is 0 Å². The van der Waals surface area contributed by atoms with Crippen molar-refractivity contribution in [2.75, 3.05) is 19.8 Å². The topological polar surface area (TPSA) is 59.0 Å². The number of benzene rings is 1. The lowest BCUT2D eigenvalue weighted by molar-refractivity contribution is -0.138. The van der Waals surface area contributed by atoms with E-state index in [2.05, 4.69) is 18.7 Å². The number of nitrogens with zero attached hydrogens (tertiary/aromatic N) is 1. The third kappa shape index (κ3) is 5.00. The van der Waals surface area contributed by atoms with Crippen molar-refractivity contribution >= 4 is 5.97 Å². The molecule has 5 nitrogen and oxygen atoms in total. The molecule has 1 aromatic rings. The lowest BCUT2D eigenvalue weighted by Gasteiger charge is -2.27.